The van der Waals surface area contributed by atoms with Crippen LogP contribution in [-0.4, -0.2) is 27.4 Å². The predicted octanol–water partition coefficient (Wildman–Crippen LogP) is 0.858. The quantitative estimate of drug-likeness (QED) is 0.747. The number of amides is 1. The Hall–Kier alpha value is -1.73. The topological polar surface area (TPSA) is 96.7 Å². The van der Waals surface area contributed by atoms with Gasteiger partial charge in [-0.2, -0.15) is 0 Å². The largest absolute Gasteiger partial charge is 0.347 e. The Balaban J connectivity index is 1.98. The summed E-state index contributed by atoms with van der Waals surface area (Å²) in [6.45, 7) is 2.40. The minimum atomic E-state index is -0.196. The molecule has 0 aliphatic heterocycles. The van der Waals surface area contributed by atoms with Gasteiger partial charge in [-0.05, 0) is 13.5 Å². The van der Waals surface area contributed by atoms with Crippen molar-refractivity contribution in [2.45, 2.75) is 19.4 Å². The van der Waals surface area contributed by atoms with E-state index < -0.39 is 0 Å². The van der Waals surface area contributed by atoms with Crippen LogP contribution in [0, 0.1) is 0 Å². The van der Waals surface area contributed by atoms with Gasteiger partial charge >= 0.3 is 0 Å². The van der Waals surface area contributed by atoms with Crippen molar-refractivity contribution < 1.29 is 4.79 Å². The maximum atomic E-state index is 11.9. The number of aromatic nitrogens is 3. The third-order valence-electron chi connectivity index (χ3n) is 2.42. The SMILES string of the molecule is CC(NC(=O)c1csc(CCN)n1)c1ncc[nH]1. The number of hydrogen-bond acceptors (Lipinski definition) is 5. The summed E-state index contributed by atoms with van der Waals surface area (Å²) in [7, 11) is 0. The highest BCUT2D eigenvalue weighted by Gasteiger charge is 2.15. The van der Waals surface area contributed by atoms with Crippen molar-refractivity contribution >= 4 is 17.2 Å². The molecule has 2 heterocycles. The van der Waals surface area contributed by atoms with Crippen LogP contribution in [0.3, 0.4) is 0 Å². The molecule has 4 N–H and O–H groups in total. The lowest BCUT2D eigenvalue weighted by atomic mass is 10.3. The van der Waals surface area contributed by atoms with Crippen LogP contribution in [0.4, 0.5) is 0 Å². The highest BCUT2D eigenvalue weighted by atomic mass is 32.1. The van der Waals surface area contributed by atoms with Crippen molar-refractivity contribution in [2.24, 2.45) is 5.73 Å². The minimum Gasteiger partial charge on any atom is -0.347 e. The Kier molecular flexibility index (Phi) is 4.06. The van der Waals surface area contributed by atoms with E-state index in [1.807, 2.05) is 6.92 Å². The summed E-state index contributed by atoms with van der Waals surface area (Å²) in [4.78, 5) is 23.2. The van der Waals surface area contributed by atoms with Gasteiger partial charge in [0.15, 0.2) is 0 Å². The van der Waals surface area contributed by atoms with Gasteiger partial charge in [0.25, 0.3) is 5.91 Å². The number of hydrogen-bond donors (Lipinski definition) is 3. The Labute approximate surface area is 109 Å². The summed E-state index contributed by atoms with van der Waals surface area (Å²) in [6.07, 6.45) is 4.08. The standard InChI is InChI=1S/C11H15N5OS/c1-7(10-13-4-5-14-10)15-11(17)8-6-18-9(16-8)2-3-12/h4-7H,2-3,12H2,1H3,(H,13,14)(H,15,17). The van der Waals surface area contributed by atoms with Gasteiger partial charge in [-0.15, -0.1) is 11.3 Å². The van der Waals surface area contributed by atoms with Gasteiger partial charge in [-0.1, -0.05) is 0 Å². The summed E-state index contributed by atoms with van der Waals surface area (Å²) in [5, 5.41) is 5.46. The summed E-state index contributed by atoms with van der Waals surface area (Å²) in [6, 6.07) is -0.174. The molecule has 18 heavy (non-hydrogen) atoms. The molecule has 2 rings (SSSR count). The molecule has 6 nitrogen and oxygen atoms in total. The normalized spacial score (nSPS) is 12.3. The third kappa shape index (κ3) is 2.93. The van der Waals surface area contributed by atoms with Gasteiger partial charge in [0.05, 0.1) is 11.0 Å². The van der Waals surface area contributed by atoms with Crippen molar-refractivity contribution in [1.29, 1.82) is 0 Å². The average Bonchev–Trinajstić information content (AvgIpc) is 3.00. The summed E-state index contributed by atoms with van der Waals surface area (Å²) < 4.78 is 0. The molecule has 1 amide bonds. The Morgan fingerprint density at radius 3 is 3.17 bits per heavy atom. The first-order valence-electron chi connectivity index (χ1n) is 5.65. The molecule has 0 saturated heterocycles. The summed E-state index contributed by atoms with van der Waals surface area (Å²) in [5.41, 5.74) is 5.88. The van der Waals surface area contributed by atoms with Crippen molar-refractivity contribution in [3.8, 4) is 0 Å². The van der Waals surface area contributed by atoms with E-state index in [-0.39, 0.29) is 11.9 Å². The predicted molar refractivity (Wildman–Crippen MR) is 69.3 cm³/mol. The second kappa shape index (κ2) is 5.74. The first-order valence-corrected chi connectivity index (χ1v) is 6.53. The molecule has 1 unspecified atom stereocenters. The number of imidazole rings is 1. The molecule has 0 saturated carbocycles. The van der Waals surface area contributed by atoms with E-state index in [0.717, 1.165) is 10.8 Å². The van der Waals surface area contributed by atoms with Crippen molar-refractivity contribution in [3.05, 3.63) is 34.3 Å². The lowest BCUT2D eigenvalue weighted by Gasteiger charge is -2.09. The van der Waals surface area contributed by atoms with E-state index in [9.17, 15) is 4.79 Å². The number of nitrogens with one attached hydrogen (secondary N) is 2. The number of aromatic amines is 1. The Bertz CT molecular complexity index is 507. The third-order valence-corrected chi connectivity index (χ3v) is 3.33. The molecule has 96 valence electrons. The number of rotatable bonds is 5. The highest BCUT2D eigenvalue weighted by molar-refractivity contribution is 7.09. The lowest BCUT2D eigenvalue weighted by molar-refractivity contribution is 0.0934. The molecule has 2 aromatic rings. The molecule has 7 heteroatoms. The fourth-order valence-electron chi connectivity index (χ4n) is 1.51. The lowest BCUT2D eigenvalue weighted by Crippen LogP contribution is -2.27. The maximum absolute atomic E-state index is 11.9. The van der Waals surface area contributed by atoms with E-state index in [0.29, 0.717) is 18.7 Å². The van der Waals surface area contributed by atoms with E-state index in [1.165, 1.54) is 11.3 Å². The van der Waals surface area contributed by atoms with Crippen LogP contribution in [-0.2, 0) is 6.42 Å². The molecular weight excluding hydrogens is 250 g/mol. The Morgan fingerprint density at radius 1 is 1.67 bits per heavy atom. The summed E-state index contributed by atoms with van der Waals surface area (Å²) in [5.74, 6) is 0.527. The van der Waals surface area contributed by atoms with Crippen molar-refractivity contribution in [1.82, 2.24) is 20.3 Å². The van der Waals surface area contributed by atoms with E-state index in [2.05, 4.69) is 20.3 Å². The molecule has 0 aromatic carbocycles. The molecule has 0 aliphatic carbocycles. The van der Waals surface area contributed by atoms with Crippen LogP contribution in [0.15, 0.2) is 17.8 Å². The molecule has 0 spiro atoms. The molecule has 0 aliphatic rings. The molecule has 0 bridgehead atoms. The fraction of sp³-hybridized carbons (Fsp3) is 0.364. The first kappa shape index (κ1) is 12.7. The van der Waals surface area contributed by atoms with Crippen LogP contribution in [0.1, 0.15) is 34.3 Å². The monoisotopic (exact) mass is 265 g/mol. The van der Waals surface area contributed by atoms with Crippen LogP contribution < -0.4 is 11.1 Å². The molecule has 0 radical (unpaired) electrons. The Morgan fingerprint density at radius 2 is 2.50 bits per heavy atom. The van der Waals surface area contributed by atoms with Crippen molar-refractivity contribution in [2.75, 3.05) is 6.54 Å². The maximum Gasteiger partial charge on any atom is 0.271 e. The highest BCUT2D eigenvalue weighted by Crippen LogP contribution is 2.12. The van der Waals surface area contributed by atoms with Gasteiger partial charge in [0.1, 0.15) is 11.5 Å². The molecular formula is C11H15N5OS. The zero-order valence-electron chi connectivity index (χ0n) is 10.0. The van der Waals surface area contributed by atoms with Gasteiger partial charge in [0, 0.05) is 24.2 Å². The zero-order valence-corrected chi connectivity index (χ0v) is 10.8. The fourth-order valence-corrected chi connectivity index (χ4v) is 2.30. The van der Waals surface area contributed by atoms with Gasteiger partial charge in [0.2, 0.25) is 0 Å². The minimum absolute atomic E-state index is 0.174. The van der Waals surface area contributed by atoms with Gasteiger partial charge < -0.3 is 16.0 Å². The number of nitrogens with zero attached hydrogens (tertiary/aromatic N) is 2. The summed E-state index contributed by atoms with van der Waals surface area (Å²) >= 11 is 1.45. The van der Waals surface area contributed by atoms with Gasteiger partial charge in [-0.3, -0.25) is 4.79 Å². The van der Waals surface area contributed by atoms with E-state index >= 15 is 0 Å². The van der Waals surface area contributed by atoms with Crippen LogP contribution in [0.25, 0.3) is 0 Å². The van der Waals surface area contributed by atoms with Crippen molar-refractivity contribution in [3.63, 3.8) is 0 Å². The van der Waals surface area contributed by atoms with Crippen LogP contribution in [0.2, 0.25) is 0 Å². The number of thiazole rings is 1. The van der Waals surface area contributed by atoms with Crippen LogP contribution in [0.5, 0.6) is 0 Å². The first-order chi connectivity index (χ1) is 8.70. The van der Waals surface area contributed by atoms with Gasteiger partial charge in [-0.25, -0.2) is 9.97 Å². The zero-order chi connectivity index (χ0) is 13.0. The molecule has 1 atom stereocenters. The molecule has 2 aromatic heterocycles. The smallest absolute Gasteiger partial charge is 0.271 e. The number of carbonyl (C=O) groups is 1. The van der Waals surface area contributed by atoms with Crippen LogP contribution >= 0.6 is 11.3 Å². The second-order valence-electron chi connectivity index (χ2n) is 3.83. The molecule has 0 fully saturated rings. The number of H-pyrrole nitrogens is 1. The second-order valence-corrected chi connectivity index (χ2v) is 4.78. The average molecular weight is 265 g/mol. The number of carbonyl (C=O) groups excluding carboxylic acids is 1. The number of nitrogens with two attached hydrogens (primary N) is 1. The van der Waals surface area contributed by atoms with E-state index in [4.69, 9.17) is 5.73 Å². The van der Waals surface area contributed by atoms with E-state index in [1.54, 1.807) is 17.8 Å².